The highest BCUT2D eigenvalue weighted by atomic mass is 32.1. The number of rotatable bonds is 10. The van der Waals surface area contributed by atoms with E-state index in [1.54, 1.807) is 6.92 Å². The summed E-state index contributed by atoms with van der Waals surface area (Å²) < 4.78 is 5.33. The van der Waals surface area contributed by atoms with Crippen LogP contribution in [0.5, 0.6) is 5.75 Å². The minimum absolute atomic E-state index is 0.0532. The van der Waals surface area contributed by atoms with Crippen LogP contribution in [0.2, 0.25) is 0 Å². The van der Waals surface area contributed by atoms with Crippen molar-refractivity contribution < 1.29 is 29.3 Å². The largest absolute Gasteiger partial charge is 0.480 e. The van der Waals surface area contributed by atoms with E-state index in [2.05, 4.69) is 16.0 Å². The zero-order chi connectivity index (χ0) is 28.1. The predicted molar refractivity (Wildman–Crippen MR) is 152 cm³/mol. The number of hydrogen-bond donors (Lipinski definition) is 5. The van der Waals surface area contributed by atoms with Crippen LogP contribution in [0.25, 0.3) is 10.4 Å². The van der Waals surface area contributed by atoms with Crippen LogP contribution in [0.1, 0.15) is 39.2 Å². The summed E-state index contributed by atoms with van der Waals surface area (Å²) in [6.07, 6.45) is 1.71. The van der Waals surface area contributed by atoms with Crippen LogP contribution in [0.4, 0.5) is 11.4 Å². The summed E-state index contributed by atoms with van der Waals surface area (Å²) in [7, 11) is 0. The lowest BCUT2D eigenvalue weighted by atomic mass is 9.89. The third-order valence-corrected chi connectivity index (χ3v) is 8.38. The number of amides is 1. The van der Waals surface area contributed by atoms with Gasteiger partial charge in [0, 0.05) is 21.8 Å². The van der Waals surface area contributed by atoms with Crippen molar-refractivity contribution in [1.29, 1.82) is 0 Å². The highest BCUT2D eigenvalue weighted by Gasteiger charge is 2.30. The zero-order valence-electron chi connectivity index (χ0n) is 22.2. The summed E-state index contributed by atoms with van der Waals surface area (Å²) in [6, 6.07) is 12.8. The molecule has 1 aliphatic heterocycles. The van der Waals surface area contributed by atoms with Crippen LogP contribution < -0.4 is 20.7 Å². The second-order valence-electron chi connectivity index (χ2n) is 9.73. The number of thiophene rings is 1. The van der Waals surface area contributed by atoms with Crippen LogP contribution in [0, 0.1) is 26.7 Å². The fourth-order valence-electron chi connectivity index (χ4n) is 4.82. The third kappa shape index (κ3) is 6.58. The van der Waals surface area contributed by atoms with E-state index in [0.717, 1.165) is 65.3 Å². The van der Waals surface area contributed by atoms with Gasteiger partial charge in [-0.2, -0.15) is 0 Å². The topological polar surface area (TPSA) is 137 Å². The Bertz CT molecular complexity index is 1380. The van der Waals surface area contributed by atoms with E-state index in [4.69, 9.17) is 9.84 Å². The number of piperidine rings is 1. The van der Waals surface area contributed by atoms with Gasteiger partial charge in [-0.1, -0.05) is 24.3 Å². The molecule has 1 unspecified atom stereocenters. The highest BCUT2D eigenvalue weighted by molar-refractivity contribution is 7.18. The summed E-state index contributed by atoms with van der Waals surface area (Å²) in [5.74, 6) is -2.29. The molecule has 1 saturated heterocycles. The molecule has 1 fully saturated rings. The molecule has 9 nitrogen and oxygen atoms in total. The van der Waals surface area contributed by atoms with Gasteiger partial charge in [-0.25, -0.2) is 9.59 Å². The number of aryl methyl sites for hydroxylation is 1. The summed E-state index contributed by atoms with van der Waals surface area (Å²) >= 11 is 1.03. The Kier molecular flexibility index (Phi) is 8.88. The second kappa shape index (κ2) is 12.3. The Morgan fingerprint density at radius 3 is 2.46 bits per heavy atom. The molecular weight excluding hydrogens is 518 g/mol. The molecule has 1 amide bonds. The van der Waals surface area contributed by atoms with Crippen molar-refractivity contribution in [2.45, 2.75) is 39.7 Å². The van der Waals surface area contributed by atoms with Crippen LogP contribution in [-0.4, -0.2) is 53.8 Å². The molecule has 2 heterocycles. The Labute approximate surface area is 231 Å². The summed E-state index contributed by atoms with van der Waals surface area (Å²) in [5.41, 5.74) is 4.95. The van der Waals surface area contributed by atoms with E-state index in [0.29, 0.717) is 10.4 Å². The van der Waals surface area contributed by atoms with Crippen molar-refractivity contribution in [1.82, 2.24) is 5.32 Å². The number of carbonyl (C=O) groups excluding carboxylic acids is 1. The normalized spacial score (nSPS) is 14.4. The SMILES string of the molecule is Cc1cccc(NC(=O)C(Nc2cccc(-c3sc(C(=O)O)c(OCC(=O)O)c3C)c2)C2CCNCC2)c1C. The van der Waals surface area contributed by atoms with Crippen LogP contribution in [0.3, 0.4) is 0 Å². The lowest BCUT2D eigenvalue weighted by molar-refractivity contribution is -0.139. The lowest BCUT2D eigenvalue weighted by Crippen LogP contribution is -2.45. The Morgan fingerprint density at radius 2 is 1.77 bits per heavy atom. The summed E-state index contributed by atoms with van der Waals surface area (Å²) in [4.78, 5) is 37.1. The molecule has 2 aromatic carbocycles. The fourth-order valence-corrected chi connectivity index (χ4v) is 5.91. The Hall–Kier alpha value is -3.89. The molecule has 39 heavy (non-hydrogen) atoms. The van der Waals surface area contributed by atoms with Gasteiger partial charge in [-0.15, -0.1) is 11.3 Å². The van der Waals surface area contributed by atoms with Crippen LogP contribution in [0.15, 0.2) is 42.5 Å². The lowest BCUT2D eigenvalue weighted by Gasteiger charge is -2.31. The van der Waals surface area contributed by atoms with Gasteiger partial charge in [0.15, 0.2) is 11.5 Å². The molecule has 3 aromatic rings. The minimum atomic E-state index is -1.19. The van der Waals surface area contributed by atoms with Crippen molar-refractivity contribution in [3.8, 4) is 16.2 Å². The predicted octanol–water partition coefficient (Wildman–Crippen LogP) is 4.92. The monoisotopic (exact) mass is 551 g/mol. The molecule has 0 radical (unpaired) electrons. The average Bonchev–Trinajstić information content (AvgIpc) is 3.25. The van der Waals surface area contributed by atoms with Crippen molar-refractivity contribution in [3.05, 3.63) is 64.0 Å². The molecule has 206 valence electrons. The number of aliphatic carboxylic acids is 1. The fraction of sp³-hybridized carbons (Fsp3) is 0.345. The number of carboxylic acids is 2. The minimum Gasteiger partial charge on any atom is -0.480 e. The van der Waals surface area contributed by atoms with Gasteiger partial charge in [0.1, 0.15) is 11.8 Å². The van der Waals surface area contributed by atoms with E-state index < -0.39 is 24.6 Å². The van der Waals surface area contributed by atoms with Crippen molar-refractivity contribution in [3.63, 3.8) is 0 Å². The first-order chi connectivity index (χ1) is 18.7. The van der Waals surface area contributed by atoms with Gasteiger partial charge in [0.05, 0.1) is 0 Å². The number of benzene rings is 2. The van der Waals surface area contributed by atoms with Crippen LogP contribution >= 0.6 is 11.3 Å². The quantitative estimate of drug-likeness (QED) is 0.239. The van der Waals surface area contributed by atoms with E-state index in [1.807, 2.05) is 56.3 Å². The number of aromatic carboxylic acids is 1. The molecular formula is C29H33N3O6S. The maximum atomic E-state index is 13.6. The summed E-state index contributed by atoms with van der Waals surface area (Å²) in [5, 5.41) is 28.6. The Morgan fingerprint density at radius 1 is 1.05 bits per heavy atom. The van der Waals surface area contributed by atoms with Gasteiger partial charge in [0.25, 0.3) is 0 Å². The van der Waals surface area contributed by atoms with Gasteiger partial charge in [0.2, 0.25) is 5.91 Å². The smallest absolute Gasteiger partial charge is 0.349 e. The highest BCUT2D eigenvalue weighted by Crippen LogP contribution is 2.42. The molecule has 0 spiro atoms. The number of carbonyl (C=O) groups is 3. The first-order valence-corrected chi connectivity index (χ1v) is 13.6. The van der Waals surface area contributed by atoms with Gasteiger partial charge in [-0.3, -0.25) is 4.79 Å². The molecule has 0 bridgehead atoms. The van der Waals surface area contributed by atoms with Gasteiger partial charge < -0.3 is 30.9 Å². The Balaban J connectivity index is 1.63. The zero-order valence-corrected chi connectivity index (χ0v) is 23.0. The molecule has 1 aromatic heterocycles. The molecule has 1 aliphatic rings. The van der Waals surface area contributed by atoms with Crippen LogP contribution in [-0.2, 0) is 9.59 Å². The molecule has 0 aliphatic carbocycles. The molecule has 0 saturated carbocycles. The standard InChI is InChI=1S/C29H33N3O6S/c1-16-6-4-9-22(17(16)2)32-28(35)24(19-10-12-30-13-11-19)31-21-8-5-7-20(14-21)26-18(3)25(38-15-23(33)34)27(39-26)29(36)37/h4-9,14,19,24,30-31H,10-13,15H2,1-3H3,(H,32,35)(H,33,34)(H,36,37). The second-order valence-corrected chi connectivity index (χ2v) is 10.7. The van der Waals surface area contributed by atoms with Gasteiger partial charge in [-0.05, 0) is 87.5 Å². The first-order valence-electron chi connectivity index (χ1n) is 12.8. The first kappa shape index (κ1) is 28.1. The van der Waals surface area contributed by atoms with Crippen molar-refractivity contribution >= 4 is 40.6 Å². The maximum absolute atomic E-state index is 13.6. The number of nitrogens with one attached hydrogen (secondary N) is 3. The molecule has 4 rings (SSSR count). The molecule has 5 N–H and O–H groups in total. The number of hydrogen-bond acceptors (Lipinski definition) is 7. The van der Waals surface area contributed by atoms with Crippen molar-refractivity contribution in [2.24, 2.45) is 5.92 Å². The number of anilines is 2. The summed E-state index contributed by atoms with van der Waals surface area (Å²) in [6.45, 7) is 6.76. The molecule has 1 atom stereocenters. The van der Waals surface area contributed by atoms with E-state index in [9.17, 15) is 19.5 Å². The number of carboxylic acid groups (broad SMARTS) is 2. The van der Waals surface area contributed by atoms with E-state index in [1.165, 1.54) is 0 Å². The third-order valence-electron chi connectivity index (χ3n) is 7.07. The van der Waals surface area contributed by atoms with E-state index in [-0.39, 0.29) is 22.5 Å². The van der Waals surface area contributed by atoms with Crippen molar-refractivity contribution in [2.75, 3.05) is 30.3 Å². The van der Waals surface area contributed by atoms with Gasteiger partial charge >= 0.3 is 11.9 Å². The number of ether oxygens (including phenoxy) is 1. The maximum Gasteiger partial charge on any atom is 0.349 e. The molecule has 10 heteroatoms. The average molecular weight is 552 g/mol. The van der Waals surface area contributed by atoms with E-state index >= 15 is 0 Å².